The third kappa shape index (κ3) is 2.89. The van der Waals surface area contributed by atoms with E-state index in [9.17, 15) is 4.39 Å². The van der Waals surface area contributed by atoms with Crippen LogP contribution in [0.5, 0.6) is 0 Å². The molecule has 1 aromatic heterocycles. The van der Waals surface area contributed by atoms with Crippen LogP contribution >= 0.6 is 0 Å². The van der Waals surface area contributed by atoms with Crippen molar-refractivity contribution in [3.05, 3.63) is 59.4 Å². The van der Waals surface area contributed by atoms with E-state index in [1.54, 1.807) is 19.1 Å². The first-order chi connectivity index (χ1) is 10.7. The fraction of sp³-hybridized carbons (Fsp3) is 0.176. The second-order valence-electron chi connectivity index (χ2n) is 5.12. The molecule has 0 spiro atoms. The van der Waals surface area contributed by atoms with Crippen LogP contribution < -0.4 is 5.73 Å². The quantitative estimate of drug-likeness (QED) is 0.802. The standard InChI is InChI=1S/C17H16FN3O/c1-11-2-5-14(10-15(11)18)16-20-17(22-21-16)13-6-3-12(4-7-13)8-9-19/h2-7,10H,8-9,19H2,1H3. The molecule has 4 nitrogen and oxygen atoms in total. The molecule has 0 aliphatic carbocycles. The zero-order valence-electron chi connectivity index (χ0n) is 12.2. The van der Waals surface area contributed by atoms with Gasteiger partial charge in [0.05, 0.1) is 0 Å². The molecule has 0 saturated carbocycles. The van der Waals surface area contributed by atoms with E-state index in [-0.39, 0.29) is 5.82 Å². The third-order valence-corrected chi connectivity index (χ3v) is 3.49. The van der Waals surface area contributed by atoms with Crippen molar-refractivity contribution in [1.82, 2.24) is 10.1 Å². The maximum atomic E-state index is 13.6. The molecule has 0 aliphatic rings. The van der Waals surface area contributed by atoms with Crippen LogP contribution in [0.25, 0.3) is 22.8 Å². The molecule has 0 aliphatic heterocycles. The van der Waals surface area contributed by atoms with Crippen molar-refractivity contribution in [2.24, 2.45) is 5.73 Å². The van der Waals surface area contributed by atoms with Crippen molar-refractivity contribution >= 4 is 0 Å². The van der Waals surface area contributed by atoms with E-state index < -0.39 is 0 Å². The minimum atomic E-state index is -0.282. The summed E-state index contributed by atoms with van der Waals surface area (Å²) in [5.74, 6) is 0.505. The Labute approximate surface area is 127 Å². The van der Waals surface area contributed by atoms with Crippen molar-refractivity contribution in [2.75, 3.05) is 6.54 Å². The molecule has 0 atom stereocenters. The summed E-state index contributed by atoms with van der Waals surface area (Å²) >= 11 is 0. The lowest BCUT2D eigenvalue weighted by Crippen LogP contribution is -2.02. The fourth-order valence-corrected chi connectivity index (χ4v) is 2.17. The summed E-state index contributed by atoms with van der Waals surface area (Å²) in [5.41, 5.74) is 8.69. The molecule has 22 heavy (non-hydrogen) atoms. The van der Waals surface area contributed by atoms with Crippen molar-refractivity contribution in [1.29, 1.82) is 0 Å². The second-order valence-corrected chi connectivity index (χ2v) is 5.12. The molecule has 112 valence electrons. The number of aryl methyl sites for hydroxylation is 1. The predicted octanol–water partition coefficient (Wildman–Crippen LogP) is 3.35. The van der Waals surface area contributed by atoms with Gasteiger partial charge in [0, 0.05) is 11.1 Å². The molecular weight excluding hydrogens is 281 g/mol. The van der Waals surface area contributed by atoms with Crippen LogP contribution in [0.1, 0.15) is 11.1 Å². The Morgan fingerprint density at radius 3 is 2.50 bits per heavy atom. The average molecular weight is 297 g/mol. The summed E-state index contributed by atoms with van der Waals surface area (Å²) in [6, 6.07) is 12.7. The highest BCUT2D eigenvalue weighted by atomic mass is 19.1. The Hall–Kier alpha value is -2.53. The summed E-state index contributed by atoms with van der Waals surface area (Å²) in [7, 11) is 0. The molecule has 0 bridgehead atoms. The molecule has 3 aromatic rings. The third-order valence-electron chi connectivity index (χ3n) is 3.49. The van der Waals surface area contributed by atoms with Gasteiger partial charge in [0.1, 0.15) is 5.82 Å². The second kappa shape index (κ2) is 6.07. The molecular formula is C17H16FN3O. The predicted molar refractivity (Wildman–Crippen MR) is 82.6 cm³/mol. The minimum Gasteiger partial charge on any atom is -0.334 e. The van der Waals surface area contributed by atoms with E-state index in [1.165, 1.54) is 6.07 Å². The highest BCUT2D eigenvalue weighted by molar-refractivity contribution is 5.60. The molecule has 5 heteroatoms. The van der Waals surface area contributed by atoms with E-state index in [4.69, 9.17) is 10.3 Å². The van der Waals surface area contributed by atoms with E-state index in [1.807, 2.05) is 24.3 Å². The Morgan fingerprint density at radius 1 is 1.09 bits per heavy atom. The van der Waals surface area contributed by atoms with Crippen LogP contribution in [0.4, 0.5) is 4.39 Å². The normalized spacial score (nSPS) is 10.9. The van der Waals surface area contributed by atoms with E-state index in [0.717, 1.165) is 17.5 Å². The maximum absolute atomic E-state index is 13.6. The van der Waals surface area contributed by atoms with Crippen LogP contribution in [0, 0.1) is 12.7 Å². The molecule has 2 N–H and O–H groups in total. The van der Waals surface area contributed by atoms with Gasteiger partial charge < -0.3 is 10.3 Å². The summed E-state index contributed by atoms with van der Waals surface area (Å²) in [4.78, 5) is 4.33. The number of benzene rings is 2. The molecule has 0 saturated heterocycles. The first-order valence-corrected chi connectivity index (χ1v) is 7.07. The zero-order chi connectivity index (χ0) is 15.5. The van der Waals surface area contributed by atoms with Gasteiger partial charge in [0.15, 0.2) is 0 Å². The number of nitrogens with two attached hydrogens (primary N) is 1. The van der Waals surface area contributed by atoms with Crippen molar-refractivity contribution in [3.8, 4) is 22.8 Å². The zero-order valence-corrected chi connectivity index (χ0v) is 12.2. The van der Waals surface area contributed by atoms with E-state index >= 15 is 0 Å². The molecule has 0 radical (unpaired) electrons. The lowest BCUT2D eigenvalue weighted by Gasteiger charge is -1.99. The SMILES string of the molecule is Cc1ccc(-c2noc(-c3ccc(CCN)cc3)n2)cc1F. The lowest BCUT2D eigenvalue weighted by molar-refractivity contribution is 0.432. The molecule has 1 heterocycles. The van der Waals surface area contributed by atoms with Gasteiger partial charge in [-0.3, -0.25) is 0 Å². The van der Waals surface area contributed by atoms with Crippen molar-refractivity contribution in [3.63, 3.8) is 0 Å². The number of nitrogens with zero attached hydrogens (tertiary/aromatic N) is 2. The van der Waals surface area contributed by atoms with Crippen molar-refractivity contribution < 1.29 is 8.91 Å². The summed E-state index contributed by atoms with van der Waals surface area (Å²) in [5, 5.41) is 3.92. The minimum absolute atomic E-state index is 0.282. The van der Waals surface area contributed by atoms with Crippen molar-refractivity contribution in [2.45, 2.75) is 13.3 Å². The lowest BCUT2D eigenvalue weighted by atomic mass is 10.1. The van der Waals surface area contributed by atoms with E-state index in [2.05, 4.69) is 10.1 Å². The van der Waals surface area contributed by atoms with Gasteiger partial charge in [-0.1, -0.05) is 29.4 Å². The summed E-state index contributed by atoms with van der Waals surface area (Å²) in [6.45, 7) is 2.33. The van der Waals surface area contributed by atoms with Crippen LogP contribution in [0.3, 0.4) is 0 Å². The van der Waals surface area contributed by atoms with Gasteiger partial charge in [0.2, 0.25) is 5.82 Å². The first-order valence-electron chi connectivity index (χ1n) is 7.07. The molecule has 0 fully saturated rings. The molecule has 2 aromatic carbocycles. The topological polar surface area (TPSA) is 64.9 Å². The molecule has 0 amide bonds. The fourth-order valence-electron chi connectivity index (χ4n) is 2.17. The van der Waals surface area contributed by atoms with Gasteiger partial charge >= 0.3 is 0 Å². The van der Waals surface area contributed by atoms with Gasteiger partial charge in [0.25, 0.3) is 5.89 Å². The maximum Gasteiger partial charge on any atom is 0.258 e. The summed E-state index contributed by atoms with van der Waals surface area (Å²) < 4.78 is 18.9. The average Bonchev–Trinajstić information content (AvgIpc) is 3.01. The van der Waals surface area contributed by atoms with Crippen LogP contribution in [0.2, 0.25) is 0 Å². The Morgan fingerprint density at radius 2 is 1.82 bits per heavy atom. The van der Waals surface area contributed by atoms with Gasteiger partial charge in [-0.25, -0.2) is 4.39 Å². The molecule has 0 unspecified atom stereocenters. The van der Waals surface area contributed by atoms with Gasteiger partial charge in [-0.15, -0.1) is 0 Å². The number of halogens is 1. The number of rotatable bonds is 4. The monoisotopic (exact) mass is 297 g/mol. The number of hydrogen-bond donors (Lipinski definition) is 1. The Balaban J connectivity index is 1.88. The Kier molecular flexibility index (Phi) is 3.98. The smallest absolute Gasteiger partial charge is 0.258 e. The van der Waals surface area contributed by atoms with Crippen LogP contribution in [-0.2, 0) is 6.42 Å². The summed E-state index contributed by atoms with van der Waals surface area (Å²) in [6.07, 6.45) is 0.831. The number of aromatic nitrogens is 2. The first kappa shape index (κ1) is 14.4. The molecule has 3 rings (SSSR count). The highest BCUT2D eigenvalue weighted by Crippen LogP contribution is 2.23. The Bertz CT molecular complexity index is 781. The van der Waals surface area contributed by atoms with Crippen LogP contribution in [0.15, 0.2) is 47.0 Å². The van der Waals surface area contributed by atoms with Gasteiger partial charge in [-0.2, -0.15) is 4.98 Å². The largest absolute Gasteiger partial charge is 0.334 e. The highest BCUT2D eigenvalue weighted by Gasteiger charge is 2.11. The van der Waals surface area contributed by atoms with Gasteiger partial charge in [-0.05, 0) is 49.2 Å². The number of hydrogen-bond acceptors (Lipinski definition) is 4. The van der Waals surface area contributed by atoms with Crippen LogP contribution in [-0.4, -0.2) is 16.7 Å². The van der Waals surface area contributed by atoms with E-state index in [0.29, 0.717) is 29.4 Å².